The zero-order chi connectivity index (χ0) is 17.2. The highest BCUT2D eigenvalue weighted by molar-refractivity contribution is 5.74. The van der Waals surface area contributed by atoms with E-state index in [1.807, 2.05) is 34.0 Å². The molecule has 6 heteroatoms. The predicted octanol–water partition coefficient (Wildman–Crippen LogP) is 2.40. The lowest BCUT2D eigenvalue weighted by atomic mass is 9.57. The molecule has 130 valence electrons. The summed E-state index contributed by atoms with van der Waals surface area (Å²) in [7, 11) is 4.02. The molecule has 2 N–H and O–H groups in total. The molecule has 23 heavy (non-hydrogen) atoms. The van der Waals surface area contributed by atoms with Crippen molar-refractivity contribution in [3.63, 3.8) is 0 Å². The van der Waals surface area contributed by atoms with Crippen LogP contribution in [0.15, 0.2) is 10.6 Å². The van der Waals surface area contributed by atoms with Crippen LogP contribution in [0.3, 0.4) is 0 Å². The number of aromatic nitrogens is 1. The van der Waals surface area contributed by atoms with E-state index in [4.69, 9.17) is 4.52 Å². The first kappa shape index (κ1) is 17.8. The standard InChI is InChI=1S/C17H30N4O2/c1-11(2)18-16(22)19-15-8-12(17(15,3)4)7-13-9-14(23-20-13)10-21(5)6/h9,11-12,15H,7-8,10H2,1-6H3,(H2,18,19,22)/t12-,15+/m1/s1. The van der Waals surface area contributed by atoms with Gasteiger partial charge >= 0.3 is 6.03 Å². The van der Waals surface area contributed by atoms with Gasteiger partial charge in [0.15, 0.2) is 5.76 Å². The van der Waals surface area contributed by atoms with Crippen LogP contribution in [0.25, 0.3) is 0 Å². The molecule has 6 nitrogen and oxygen atoms in total. The molecule has 0 unspecified atom stereocenters. The highest BCUT2D eigenvalue weighted by Gasteiger charge is 2.48. The average molecular weight is 322 g/mol. The van der Waals surface area contributed by atoms with E-state index in [1.54, 1.807) is 0 Å². The van der Waals surface area contributed by atoms with Crippen LogP contribution < -0.4 is 10.6 Å². The lowest BCUT2D eigenvalue weighted by Crippen LogP contribution is -2.60. The van der Waals surface area contributed by atoms with Crippen molar-refractivity contribution in [1.82, 2.24) is 20.7 Å². The summed E-state index contributed by atoms with van der Waals surface area (Å²) in [5, 5.41) is 10.1. The third-order valence-corrected chi connectivity index (χ3v) is 4.73. The molecule has 2 amide bonds. The number of hydrogen-bond donors (Lipinski definition) is 2. The van der Waals surface area contributed by atoms with Gasteiger partial charge in [-0.2, -0.15) is 0 Å². The van der Waals surface area contributed by atoms with Gasteiger partial charge in [-0.05, 0) is 52.1 Å². The molecule has 0 aromatic carbocycles. The second-order valence-corrected chi connectivity index (χ2v) is 7.81. The van der Waals surface area contributed by atoms with Crippen molar-refractivity contribution >= 4 is 6.03 Å². The van der Waals surface area contributed by atoms with Crippen LogP contribution in [0, 0.1) is 11.3 Å². The summed E-state index contributed by atoms with van der Waals surface area (Å²) in [4.78, 5) is 13.9. The van der Waals surface area contributed by atoms with Gasteiger partial charge < -0.3 is 20.1 Å². The molecular weight excluding hydrogens is 292 g/mol. The maximum Gasteiger partial charge on any atom is 0.315 e. The molecule has 1 aromatic rings. The first-order chi connectivity index (χ1) is 10.7. The maximum absolute atomic E-state index is 11.9. The van der Waals surface area contributed by atoms with E-state index >= 15 is 0 Å². The summed E-state index contributed by atoms with van der Waals surface area (Å²) in [5.74, 6) is 1.40. The zero-order valence-electron chi connectivity index (χ0n) is 15.1. The highest BCUT2D eigenvalue weighted by atomic mass is 16.5. The fraction of sp³-hybridized carbons (Fsp3) is 0.765. The number of carbonyl (C=O) groups is 1. The Bertz CT molecular complexity index is 536. The summed E-state index contributed by atoms with van der Waals surface area (Å²) < 4.78 is 5.38. The van der Waals surface area contributed by atoms with Gasteiger partial charge in [0, 0.05) is 18.2 Å². The SMILES string of the molecule is CC(C)NC(=O)N[C@H]1C[C@@H](Cc2cc(CN(C)C)on2)C1(C)C. The third kappa shape index (κ3) is 4.47. The molecular formula is C17H30N4O2. The molecule has 1 aliphatic rings. The Labute approximate surface area is 139 Å². The molecule has 1 aromatic heterocycles. The number of nitrogens with zero attached hydrogens (tertiary/aromatic N) is 2. The number of rotatable bonds is 6. The molecule has 1 heterocycles. The van der Waals surface area contributed by atoms with Gasteiger partial charge in [0.25, 0.3) is 0 Å². The fourth-order valence-electron chi connectivity index (χ4n) is 3.16. The molecule has 0 bridgehead atoms. The van der Waals surface area contributed by atoms with Crippen molar-refractivity contribution in [3.8, 4) is 0 Å². The Morgan fingerprint density at radius 1 is 1.48 bits per heavy atom. The van der Waals surface area contributed by atoms with Crippen molar-refractivity contribution in [2.75, 3.05) is 14.1 Å². The van der Waals surface area contributed by atoms with Crippen LogP contribution in [-0.2, 0) is 13.0 Å². The van der Waals surface area contributed by atoms with E-state index in [0.29, 0.717) is 5.92 Å². The van der Waals surface area contributed by atoms with Gasteiger partial charge in [0.2, 0.25) is 0 Å². The van der Waals surface area contributed by atoms with E-state index in [2.05, 4.69) is 34.5 Å². The van der Waals surface area contributed by atoms with Crippen LogP contribution in [0.2, 0.25) is 0 Å². The topological polar surface area (TPSA) is 70.4 Å². The Hall–Kier alpha value is -1.56. The smallest absolute Gasteiger partial charge is 0.315 e. The largest absolute Gasteiger partial charge is 0.360 e. The lowest BCUT2D eigenvalue weighted by molar-refractivity contribution is 0.0199. The molecule has 1 aliphatic carbocycles. The quantitative estimate of drug-likeness (QED) is 0.844. The number of nitrogens with one attached hydrogen (secondary N) is 2. The molecule has 1 fully saturated rings. The van der Waals surface area contributed by atoms with Crippen molar-refractivity contribution in [3.05, 3.63) is 17.5 Å². The van der Waals surface area contributed by atoms with Crippen LogP contribution in [0.5, 0.6) is 0 Å². The zero-order valence-corrected chi connectivity index (χ0v) is 15.1. The molecule has 0 aliphatic heterocycles. The number of urea groups is 1. The van der Waals surface area contributed by atoms with Gasteiger partial charge in [-0.3, -0.25) is 0 Å². The fourth-order valence-corrected chi connectivity index (χ4v) is 3.16. The lowest BCUT2D eigenvalue weighted by Gasteiger charge is -2.52. The molecule has 2 atom stereocenters. The number of hydrogen-bond acceptors (Lipinski definition) is 4. The summed E-state index contributed by atoms with van der Waals surface area (Å²) in [5.41, 5.74) is 1.07. The molecule has 2 rings (SSSR count). The molecule has 0 saturated heterocycles. The van der Waals surface area contributed by atoms with Crippen molar-refractivity contribution in [2.45, 2.75) is 59.2 Å². The summed E-state index contributed by atoms with van der Waals surface area (Å²) in [6, 6.07) is 2.33. The van der Waals surface area contributed by atoms with Gasteiger partial charge in [-0.1, -0.05) is 19.0 Å². The van der Waals surface area contributed by atoms with E-state index in [0.717, 1.165) is 30.8 Å². The Morgan fingerprint density at radius 2 is 2.17 bits per heavy atom. The minimum Gasteiger partial charge on any atom is -0.360 e. The monoisotopic (exact) mass is 322 g/mol. The van der Waals surface area contributed by atoms with Crippen LogP contribution in [0.1, 0.15) is 45.6 Å². The second-order valence-electron chi connectivity index (χ2n) is 7.81. The highest BCUT2D eigenvalue weighted by Crippen LogP contribution is 2.47. The molecule has 1 saturated carbocycles. The number of carbonyl (C=O) groups excluding carboxylic acids is 1. The Kier molecular flexibility index (Phi) is 5.34. The third-order valence-electron chi connectivity index (χ3n) is 4.73. The second kappa shape index (κ2) is 6.91. The Balaban J connectivity index is 1.86. The van der Waals surface area contributed by atoms with Gasteiger partial charge in [0.05, 0.1) is 12.2 Å². The van der Waals surface area contributed by atoms with Gasteiger partial charge in [0.1, 0.15) is 0 Å². The Morgan fingerprint density at radius 3 is 2.74 bits per heavy atom. The first-order valence-electron chi connectivity index (χ1n) is 8.34. The van der Waals surface area contributed by atoms with E-state index in [1.165, 1.54) is 0 Å². The van der Waals surface area contributed by atoms with Crippen molar-refractivity contribution < 1.29 is 9.32 Å². The van der Waals surface area contributed by atoms with E-state index in [9.17, 15) is 4.79 Å². The maximum atomic E-state index is 11.9. The van der Waals surface area contributed by atoms with Crippen molar-refractivity contribution in [1.29, 1.82) is 0 Å². The normalized spacial score (nSPS) is 23.0. The van der Waals surface area contributed by atoms with Crippen molar-refractivity contribution in [2.24, 2.45) is 11.3 Å². The average Bonchev–Trinajstić information content (AvgIpc) is 2.83. The number of amides is 2. The predicted molar refractivity (Wildman–Crippen MR) is 90.1 cm³/mol. The van der Waals surface area contributed by atoms with E-state index < -0.39 is 0 Å². The minimum absolute atomic E-state index is 0.0645. The van der Waals surface area contributed by atoms with Gasteiger partial charge in [-0.15, -0.1) is 0 Å². The molecule has 0 radical (unpaired) electrons. The van der Waals surface area contributed by atoms with Crippen LogP contribution in [-0.4, -0.2) is 42.3 Å². The van der Waals surface area contributed by atoms with Crippen LogP contribution in [0.4, 0.5) is 4.79 Å². The summed E-state index contributed by atoms with van der Waals surface area (Å²) in [6.07, 6.45) is 1.88. The molecule has 0 spiro atoms. The van der Waals surface area contributed by atoms with Gasteiger partial charge in [-0.25, -0.2) is 4.79 Å². The van der Waals surface area contributed by atoms with E-state index in [-0.39, 0.29) is 23.5 Å². The summed E-state index contributed by atoms with van der Waals surface area (Å²) in [6.45, 7) is 9.11. The minimum atomic E-state index is -0.0776. The first-order valence-corrected chi connectivity index (χ1v) is 8.34. The van der Waals surface area contributed by atoms with Crippen LogP contribution >= 0.6 is 0 Å². The summed E-state index contributed by atoms with van der Waals surface area (Å²) >= 11 is 0.